The predicted octanol–water partition coefficient (Wildman–Crippen LogP) is 0.817. The summed E-state index contributed by atoms with van der Waals surface area (Å²) < 4.78 is 2.27. The molecular weight excluding hydrogens is 228 g/mol. The highest BCUT2D eigenvalue weighted by Gasteiger charge is 2.26. The summed E-state index contributed by atoms with van der Waals surface area (Å²) in [6.45, 7) is 5.84. The number of hydrogen-bond acceptors (Lipinski definition) is 4. The highest BCUT2D eigenvalue weighted by molar-refractivity contribution is 4.99. The van der Waals surface area contributed by atoms with E-state index in [1.165, 1.54) is 12.8 Å². The molecule has 100 valence electrons. The van der Waals surface area contributed by atoms with Crippen molar-refractivity contribution in [3.8, 4) is 0 Å². The van der Waals surface area contributed by atoms with Crippen molar-refractivity contribution in [3.05, 3.63) is 11.6 Å². The van der Waals surface area contributed by atoms with E-state index in [1.807, 2.05) is 0 Å². The Labute approximate surface area is 108 Å². The van der Waals surface area contributed by atoms with Crippen molar-refractivity contribution in [2.75, 3.05) is 13.1 Å². The third-order valence-electron chi connectivity index (χ3n) is 4.30. The molecule has 2 atom stereocenters. The van der Waals surface area contributed by atoms with Gasteiger partial charge in [-0.25, -0.2) is 0 Å². The molecule has 1 N–H and O–H groups in total. The maximum absolute atomic E-state index is 9.93. The summed E-state index contributed by atoms with van der Waals surface area (Å²) in [6, 6.07) is 0. The van der Waals surface area contributed by atoms with Gasteiger partial charge in [0.05, 0.1) is 12.6 Å². The topological polar surface area (TPSA) is 54.2 Å². The van der Waals surface area contributed by atoms with E-state index < -0.39 is 0 Å². The van der Waals surface area contributed by atoms with Crippen LogP contribution in [0.4, 0.5) is 0 Å². The second kappa shape index (κ2) is 4.97. The molecule has 3 rings (SSSR count). The average molecular weight is 250 g/mol. The second-order valence-corrected chi connectivity index (χ2v) is 5.71. The number of aliphatic hydroxyl groups is 1. The summed E-state index contributed by atoms with van der Waals surface area (Å²) >= 11 is 0. The monoisotopic (exact) mass is 250 g/mol. The molecule has 0 amide bonds. The summed E-state index contributed by atoms with van der Waals surface area (Å²) in [5.41, 5.74) is 0. The standard InChI is InChI=1S/C13H22N4O/c1-10-5-7-16(8-11(10)18)9-13-15-14-12-4-2-3-6-17(12)13/h10-11,18H,2-9H2,1H3. The molecule has 3 heterocycles. The molecule has 0 spiro atoms. The van der Waals surface area contributed by atoms with Crippen LogP contribution in [0.15, 0.2) is 0 Å². The van der Waals surface area contributed by atoms with Crippen molar-refractivity contribution in [1.29, 1.82) is 0 Å². The van der Waals surface area contributed by atoms with E-state index in [9.17, 15) is 5.11 Å². The minimum atomic E-state index is -0.192. The number of aryl methyl sites for hydroxylation is 1. The maximum Gasteiger partial charge on any atom is 0.147 e. The first-order chi connectivity index (χ1) is 8.74. The molecule has 5 nitrogen and oxygen atoms in total. The molecule has 1 saturated heterocycles. The predicted molar refractivity (Wildman–Crippen MR) is 68.0 cm³/mol. The first kappa shape index (κ1) is 12.1. The Morgan fingerprint density at radius 3 is 3.00 bits per heavy atom. The third-order valence-corrected chi connectivity index (χ3v) is 4.30. The van der Waals surface area contributed by atoms with Crippen LogP contribution < -0.4 is 0 Å². The first-order valence-corrected chi connectivity index (χ1v) is 7.05. The number of piperidine rings is 1. The van der Waals surface area contributed by atoms with Crippen molar-refractivity contribution in [3.63, 3.8) is 0 Å². The van der Waals surface area contributed by atoms with E-state index in [0.29, 0.717) is 5.92 Å². The summed E-state index contributed by atoms with van der Waals surface area (Å²) in [5.74, 6) is 2.64. The van der Waals surface area contributed by atoms with E-state index in [0.717, 1.165) is 50.7 Å². The lowest BCUT2D eigenvalue weighted by molar-refractivity contribution is 0.0244. The normalized spacial score (nSPS) is 29.2. The molecule has 0 saturated carbocycles. The molecule has 1 fully saturated rings. The van der Waals surface area contributed by atoms with Gasteiger partial charge in [0.2, 0.25) is 0 Å². The Hall–Kier alpha value is -0.940. The van der Waals surface area contributed by atoms with E-state index in [4.69, 9.17) is 0 Å². The summed E-state index contributed by atoms with van der Waals surface area (Å²) in [7, 11) is 0. The van der Waals surface area contributed by atoms with Crippen molar-refractivity contribution in [2.24, 2.45) is 5.92 Å². The molecule has 5 heteroatoms. The highest BCUT2D eigenvalue weighted by Crippen LogP contribution is 2.20. The Morgan fingerprint density at radius 1 is 1.28 bits per heavy atom. The Bertz CT molecular complexity index is 417. The van der Waals surface area contributed by atoms with Gasteiger partial charge in [-0.2, -0.15) is 0 Å². The number of rotatable bonds is 2. The van der Waals surface area contributed by atoms with Gasteiger partial charge in [-0.15, -0.1) is 10.2 Å². The fourth-order valence-electron chi connectivity index (χ4n) is 2.94. The van der Waals surface area contributed by atoms with Crippen molar-refractivity contribution in [1.82, 2.24) is 19.7 Å². The molecule has 2 unspecified atom stereocenters. The summed E-state index contributed by atoms with van der Waals surface area (Å²) in [5, 5.41) is 18.5. The highest BCUT2D eigenvalue weighted by atomic mass is 16.3. The van der Waals surface area contributed by atoms with Gasteiger partial charge in [0.25, 0.3) is 0 Å². The number of aliphatic hydroxyl groups excluding tert-OH is 1. The van der Waals surface area contributed by atoms with Crippen LogP contribution in [0.5, 0.6) is 0 Å². The van der Waals surface area contributed by atoms with Gasteiger partial charge >= 0.3 is 0 Å². The lowest BCUT2D eigenvalue weighted by atomic mass is 9.96. The molecule has 1 aromatic rings. The van der Waals surface area contributed by atoms with Crippen molar-refractivity contribution >= 4 is 0 Å². The summed E-state index contributed by atoms with van der Waals surface area (Å²) in [4.78, 5) is 2.30. The molecule has 0 aliphatic carbocycles. The Kier molecular flexibility index (Phi) is 3.35. The minimum absolute atomic E-state index is 0.192. The van der Waals surface area contributed by atoms with E-state index >= 15 is 0 Å². The van der Waals surface area contributed by atoms with Gasteiger partial charge in [0.15, 0.2) is 0 Å². The molecule has 0 bridgehead atoms. The molecular formula is C13H22N4O. The summed E-state index contributed by atoms with van der Waals surface area (Å²) in [6.07, 6.45) is 4.41. The van der Waals surface area contributed by atoms with Gasteiger partial charge < -0.3 is 9.67 Å². The zero-order valence-corrected chi connectivity index (χ0v) is 11.0. The number of fused-ring (bicyclic) bond motifs is 1. The van der Waals surface area contributed by atoms with Gasteiger partial charge in [-0.1, -0.05) is 6.92 Å². The minimum Gasteiger partial charge on any atom is -0.392 e. The zero-order valence-electron chi connectivity index (χ0n) is 11.0. The molecule has 18 heavy (non-hydrogen) atoms. The number of hydrogen-bond donors (Lipinski definition) is 1. The molecule has 2 aliphatic rings. The van der Waals surface area contributed by atoms with Gasteiger partial charge in [0.1, 0.15) is 11.6 Å². The van der Waals surface area contributed by atoms with E-state index in [-0.39, 0.29) is 6.10 Å². The Morgan fingerprint density at radius 2 is 2.17 bits per heavy atom. The number of aromatic nitrogens is 3. The fourth-order valence-corrected chi connectivity index (χ4v) is 2.94. The molecule has 1 aromatic heterocycles. The molecule has 2 aliphatic heterocycles. The lowest BCUT2D eigenvalue weighted by Crippen LogP contribution is -2.42. The van der Waals surface area contributed by atoms with Crippen LogP contribution >= 0.6 is 0 Å². The first-order valence-electron chi connectivity index (χ1n) is 7.05. The quantitative estimate of drug-likeness (QED) is 0.844. The van der Waals surface area contributed by atoms with Crippen LogP contribution in [0, 0.1) is 5.92 Å². The Balaban J connectivity index is 1.68. The van der Waals surface area contributed by atoms with Crippen molar-refractivity contribution < 1.29 is 5.11 Å². The second-order valence-electron chi connectivity index (χ2n) is 5.71. The molecule has 0 radical (unpaired) electrons. The van der Waals surface area contributed by atoms with Crippen molar-refractivity contribution in [2.45, 2.75) is 51.8 Å². The van der Waals surface area contributed by atoms with E-state index in [2.05, 4.69) is 26.6 Å². The van der Waals surface area contributed by atoms with Crippen LogP contribution in [-0.4, -0.2) is 44.0 Å². The zero-order chi connectivity index (χ0) is 12.5. The van der Waals surface area contributed by atoms with Gasteiger partial charge in [-0.3, -0.25) is 4.90 Å². The largest absolute Gasteiger partial charge is 0.392 e. The van der Waals surface area contributed by atoms with Gasteiger partial charge in [0, 0.05) is 19.5 Å². The third kappa shape index (κ3) is 2.29. The van der Waals surface area contributed by atoms with Crippen LogP contribution in [0.1, 0.15) is 37.8 Å². The molecule has 0 aromatic carbocycles. The average Bonchev–Trinajstić information content (AvgIpc) is 2.78. The fraction of sp³-hybridized carbons (Fsp3) is 0.846. The van der Waals surface area contributed by atoms with Crippen LogP contribution in [0.3, 0.4) is 0 Å². The van der Waals surface area contributed by atoms with Crippen LogP contribution in [-0.2, 0) is 19.5 Å². The van der Waals surface area contributed by atoms with E-state index in [1.54, 1.807) is 0 Å². The van der Waals surface area contributed by atoms with Gasteiger partial charge in [-0.05, 0) is 31.7 Å². The number of nitrogens with zero attached hydrogens (tertiary/aromatic N) is 4. The van der Waals surface area contributed by atoms with Crippen LogP contribution in [0.2, 0.25) is 0 Å². The maximum atomic E-state index is 9.93. The number of β-amino-alcohol motifs (C(OH)–C–C–N with tert-alkyl or cyclic N) is 1. The smallest absolute Gasteiger partial charge is 0.147 e. The lowest BCUT2D eigenvalue weighted by Gasteiger charge is -2.34. The van der Waals surface area contributed by atoms with Crippen LogP contribution in [0.25, 0.3) is 0 Å². The number of likely N-dealkylation sites (tertiary alicyclic amines) is 1. The SMILES string of the molecule is CC1CCN(Cc2nnc3n2CCCC3)CC1O.